The van der Waals surface area contributed by atoms with Gasteiger partial charge in [0.25, 0.3) is 0 Å². The zero-order valence-corrected chi connectivity index (χ0v) is 9.69. The molecule has 17 heavy (non-hydrogen) atoms. The van der Waals surface area contributed by atoms with Crippen molar-refractivity contribution in [3.05, 3.63) is 41.8 Å². The number of likely N-dealkylation sites (tertiary alicyclic amines) is 1. The van der Waals surface area contributed by atoms with Crippen LogP contribution in [0, 0.1) is 5.82 Å². The fourth-order valence-corrected chi connectivity index (χ4v) is 2.43. The number of hydrogen-bond donors (Lipinski definition) is 0. The molecule has 2 aromatic rings. The molecule has 0 atom stereocenters. The van der Waals surface area contributed by atoms with Gasteiger partial charge in [0, 0.05) is 18.1 Å². The first kappa shape index (κ1) is 10.7. The van der Waals surface area contributed by atoms with E-state index >= 15 is 0 Å². The molecule has 1 fully saturated rings. The molecule has 0 amide bonds. The lowest BCUT2D eigenvalue weighted by Gasteiger charge is -2.14. The number of rotatable bonds is 2. The molecule has 2 nitrogen and oxygen atoms in total. The third-order valence-electron chi connectivity index (χ3n) is 3.30. The number of halogens is 1. The summed E-state index contributed by atoms with van der Waals surface area (Å²) in [6.07, 6.45) is 4.48. The third kappa shape index (κ3) is 2.29. The summed E-state index contributed by atoms with van der Waals surface area (Å²) in [6.45, 7) is 3.27. The number of benzene rings is 1. The Kier molecular flexibility index (Phi) is 2.77. The average Bonchev–Trinajstić information content (AvgIpc) is 2.81. The number of nitrogens with zero attached hydrogens (tertiary/aromatic N) is 2. The van der Waals surface area contributed by atoms with Crippen LogP contribution in [0.2, 0.25) is 0 Å². The second-order valence-corrected chi connectivity index (χ2v) is 4.66. The summed E-state index contributed by atoms with van der Waals surface area (Å²) in [6, 6.07) is 6.78. The molecule has 3 heteroatoms. The average molecular weight is 230 g/mol. The fourth-order valence-electron chi connectivity index (χ4n) is 2.43. The Morgan fingerprint density at radius 3 is 2.82 bits per heavy atom. The molecule has 0 radical (unpaired) electrons. The minimum absolute atomic E-state index is 0.197. The van der Waals surface area contributed by atoms with Crippen molar-refractivity contribution in [2.75, 3.05) is 13.1 Å². The lowest BCUT2D eigenvalue weighted by Crippen LogP contribution is -2.18. The molecular weight excluding hydrogens is 215 g/mol. The predicted octanol–water partition coefficient (Wildman–Crippen LogP) is 2.97. The molecule has 2 heterocycles. The first-order valence-electron chi connectivity index (χ1n) is 6.08. The van der Waals surface area contributed by atoms with E-state index in [2.05, 4.69) is 9.88 Å². The second kappa shape index (κ2) is 4.41. The zero-order valence-electron chi connectivity index (χ0n) is 9.69. The monoisotopic (exact) mass is 230 g/mol. The molecule has 1 aliphatic rings. The Labute approximate surface area is 100 Å². The van der Waals surface area contributed by atoms with E-state index < -0.39 is 0 Å². The van der Waals surface area contributed by atoms with E-state index in [1.54, 1.807) is 12.1 Å². The zero-order chi connectivity index (χ0) is 11.7. The van der Waals surface area contributed by atoms with Crippen molar-refractivity contribution in [2.24, 2.45) is 0 Å². The maximum absolute atomic E-state index is 13.1. The number of hydrogen-bond acceptors (Lipinski definition) is 2. The molecule has 1 saturated heterocycles. The maximum Gasteiger partial charge on any atom is 0.123 e. The van der Waals surface area contributed by atoms with Crippen LogP contribution in [0.3, 0.4) is 0 Å². The van der Waals surface area contributed by atoms with Gasteiger partial charge in [0.1, 0.15) is 5.82 Å². The Morgan fingerprint density at radius 2 is 2.00 bits per heavy atom. The van der Waals surface area contributed by atoms with Gasteiger partial charge in [-0.25, -0.2) is 4.39 Å². The van der Waals surface area contributed by atoms with Gasteiger partial charge in [-0.05, 0) is 55.8 Å². The molecule has 1 aromatic carbocycles. The molecule has 0 aliphatic carbocycles. The van der Waals surface area contributed by atoms with Gasteiger partial charge in [0.15, 0.2) is 0 Å². The minimum atomic E-state index is -0.197. The van der Waals surface area contributed by atoms with Crippen molar-refractivity contribution in [3.63, 3.8) is 0 Å². The van der Waals surface area contributed by atoms with Crippen LogP contribution in [0.1, 0.15) is 18.4 Å². The highest BCUT2D eigenvalue weighted by Crippen LogP contribution is 2.17. The molecule has 0 unspecified atom stereocenters. The number of pyridine rings is 1. The van der Waals surface area contributed by atoms with Crippen LogP contribution >= 0.6 is 0 Å². The molecule has 3 rings (SSSR count). The first-order chi connectivity index (χ1) is 8.31. The predicted molar refractivity (Wildman–Crippen MR) is 66.2 cm³/mol. The van der Waals surface area contributed by atoms with E-state index in [0.717, 1.165) is 17.4 Å². The lowest BCUT2D eigenvalue weighted by atomic mass is 10.1. The van der Waals surface area contributed by atoms with Crippen LogP contribution in [0.4, 0.5) is 4.39 Å². The van der Waals surface area contributed by atoms with Crippen LogP contribution in [0.5, 0.6) is 0 Å². The molecule has 0 bridgehead atoms. The highest BCUT2D eigenvalue weighted by Gasteiger charge is 2.12. The molecule has 1 aliphatic heterocycles. The van der Waals surface area contributed by atoms with E-state index in [1.165, 1.54) is 37.6 Å². The summed E-state index contributed by atoms with van der Waals surface area (Å²) in [4.78, 5) is 6.79. The third-order valence-corrected chi connectivity index (χ3v) is 3.30. The fraction of sp³-hybridized carbons (Fsp3) is 0.357. The van der Waals surface area contributed by atoms with Crippen molar-refractivity contribution < 1.29 is 4.39 Å². The summed E-state index contributed by atoms with van der Waals surface area (Å²) < 4.78 is 13.1. The van der Waals surface area contributed by atoms with Crippen LogP contribution in [-0.4, -0.2) is 23.0 Å². The lowest BCUT2D eigenvalue weighted by molar-refractivity contribution is 0.331. The van der Waals surface area contributed by atoms with Crippen molar-refractivity contribution in [1.29, 1.82) is 0 Å². The van der Waals surface area contributed by atoms with Crippen LogP contribution in [0.25, 0.3) is 10.9 Å². The molecular formula is C14H15FN2. The smallest absolute Gasteiger partial charge is 0.123 e. The van der Waals surface area contributed by atoms with Gasteiger partial charge >= 0.3 is 0 Å². The molecule has 0 spiro atoms. The van der Waals surface area contributed by atoms with Gasteiger partial charge in [-0.15, -0.1) is 0 Å². The van der Waals surface area contributed by atoms with E-state index in [0.29, 0.717) is 0 Å². The Morgan fingerprint density at radius 1 is 1.18 bits per heavy atom. The van der Waals surface area contributed by atoms with Crippen LogP contribution in [-0.2, 0) is 6.54 Å². The first-order valence-corrected chi connectivity index (χ1v) is 6.08. The summed E-state index contributed by atoms with van der Waals surface area (Å²) >= 11 is 0. The standard InChI is InChI=1S/C14H15FN2/c15-13-3-4-14-12(8-13)7-11(9-16-14)10-17-5-1-2-6-17/h3-4,7-9H,1-2,5-6,10H2. The summed E-state index contributed by atoms with van der Waals surface area (Å²) in [5.74, 6) is -0.197. The van der Waals surface area contributed by atoms with Crippen LogP contribution < -0.4 is 0 Å². The highest BCUT2D eigenvalue weighted by atomic mass is 19.1. The van der Waals surface area contributed by atoms with Crippen molar-refractivity contribution in [3.8, 4) is 0 Å². The van der Waals surface area contributed by atoms with Gasteiger partial charge < -0.3 is 0 Å². The van der Waals surface area contributed by atoms with Crippen molar-refractivity contribution in [1.82, 2.24) is 9.88 Å². The van der Waals surface area contributed by atoms with E-state index in [-0.39, 0.29) is 5.82 Å². The van der Waals surface area contributed by atoms with Gasteiger partial charge in [-0.1, -0.05) is 0 Å². The van der Waals surface area contributed by atoms with Gasteiger partial charge in [-0.3, -0.25) is 9.88 Å². The SMILES string of the molecule is Fc1ccc2ncc(CN3CCCC3)cc2c1. The Bertz CT molecular complexity index is 533. The van der Waals surface area contributed by atoms with Crippen molar-refractivity contribution >= 4 is 10.9 Å². The van der Waals surface area contributed by atoms with Crippen LogP contribution in [0.15, 0.2) is 30.5 Å². The van der Waals surface area contributed by atoms with Crippen molar-refractivity contribution in [2.45, 2.75) is 19.4 Å². The molecule has 0 saturated carbocycles. The minimum Gasteiger partial charge on any atom is -0.299 e. The molecule has 88 valence electrons. The van der Waals surface area contributed by atoms with E-state index in [9.17, 15) is 4.39 Å². The summed E-state index contributed by atoms with van der Waals surface area (Å²) in [5, 5.41) is 0.890. The highest BCUT2D eigenvalue weighted by molar-refractivity contribution is 5.78. The Balaban J connectivity index is 1.89. The van der Waals surface area contributed by atoms with Gasteiger partial charge in [-0.2, -0.15) is 0 Å². The normalized spacial score (nSPS) is 16.8. The summed E-state index contributed by atoms with van der Waals surface area (Å²) in [5.41, 5.74) is 2.03. The number of fused-ring (bicyclic) bond motifs is 1. The maximum atomic E-state index is 13.1. The topological polar surface area (TPSA) is 16.1 Å². The van der Waals surface area contributed by atoms with Gasteiger partial charge in [0.2, 0.25) is 0 Å². The largest absolute Gasteiger partial charge is 0.299 e. The quantitative estimate of drug-likeness (QED) is 0.788. The van der Waals surface area contributed by atoms with Gasteiger partial charge in [0.05, 0.1) is 5.52 Å². The van der Waals surface area contributed by atoms with E-state index in [4.69, 9.17) is 0 Å². The number of aromatic nitrogens is 1. The molecule has 0 N–H and O–H groups in total. The Hall–Kier alpha value is -1.48. The van der Waals surface area contributed by atoms with E-state index in [1.807, 2.05) is 12.3 Å². The molecule has 1 aromatic heterocycles. The summed E-state index contributed by atoms with van der Waals surface area (Å²) in [7, 11) is 0. The second-order valence-electron chi connectivity index (χ2n) is 4.66.